The summed E-state index contributed by atoms with van der Waals surface area (Å²) < 4.78 is 0. The van der Waals surface area contributed by atoms with Crippen LogP contribution in [0.15, 0.2) is 18.2 Å². The number of anilines is 2. The molecule has 2 unspecified atom stereocenters. The van der Waals surface area contributed by atoms with Crippen molar-refractivity contribution in [1.29, 1.82) is 0 Å². The molecule has 3 rings (SSSR count). The fraction of sp³-hybridized carbons (Fsp3) is 0.667. The zero-order chi connectivity index (χ0) is 12.4. The second kappa shape index (κ2) is 5.17. The second-order valence-electron chi connectivity index (χ2n) is 5.58. The summed E-state index contributed by atoms with van der Waals surface area (Å²) >= 11 is 0. The second-order valence-corrected chi connectivity index (χ2v) is 5.58. The molecule has 3 heteroatoms. The van der Waals surface area contributed by atoms with E-state index in [-0.39, 0.29) is 0 Å². The first-order chi connectivity index (χ1) is 8.88. The van der Waals surface area contributed by atoms with Gasteiger partial charge in [0.25, 0.3) is 0 Å². The molecule has 2 aliphatic rings. The summed E-state index contributed by atoms with van der Waals surface area (Å²) in [5, 5.41) is 3.14. The Balaban J connectivity index is 1.84. The molecule has 18 heavy (non-hydrogen) atoms. The minimum atomic E-state index is 0.743. The van der Waals surface area contributed by atoms with Gasteiger partial charge in [0.15, 0.2) is 0 Å². The van der Waals surface area contributed by atoms with Gasteiger partial charge in [-0.15, -0.1) is 0 Å². The molecule has 1 N–H and O–H groups in total. The van der Waals surface area contributed by atoms with E-state index in [0.717, 1.165) is 17.8 Å². The summed E-state index contributed by atoms with van der Waals surface area (Å²) in [6, 6.07) is 7.05. The maximum atomic E-state index is 4.72. The van der Waals surface area contributed by atoms with Crippen molar-refractivity contribution in [2.45, 2.75) is 44.6 Å². The quantitative estimate of drug-likeness (QED) is 0.866. The number of pyridine rings is 1. The lowest BCUT2D eigenvalue weighted by molar-refractivity contribution is 0.243. The van der Waals surface area contributed by atoms with Crippen molar-refractivity contribution in [2.75, 3.05) is 23.8 Å². The predicted octanol–water partition coefficient (Wildman–Crippen LogP) is 3.28. The Kier molecular flexibility index (Phi) is 3.39. The highest BCUT2D eigenvalue weighted by molar-refractivity contribution is 5.48. The molecule has 3 nitrogen and oxygen atoms in total. The molecule has 1 aromatic rings. The number of nitrogens with one attached hydrogen (secondary N) is 1. The van der Waals surface area contributed by atoms with E-state index in [2.05, 4.69) is 22.3 Å². The van der Waals surface area contributed by atoms with Crippen LogP contribution in [0.1, 0.15) is 38.5 Å². The van der Waals surface area contributed by atoms with Crippen molar-refractivity contribution in [2.24, 2.45) is 5.92 Å². The average molecular weight is 245 g/mol. The lowest BCUT2D eigenvalue weighted by Gasteiger charge is -2.44. The van der Waals surface area contributed by atoms with Gasteiger partial charge in [-0.3, -0.25) is 0 Å². The first-order valence-corrected chi connectivity index (χ1v) is 7.30. The van der Waals surface area contributed by atoms with Crippen LogP contribution in [0.5, 0.6) is 0 Å². The molecule has 2 atom stereocenters. The van der Waals surface area contributed by atoms with E-state index in [9.17, 15) is 0 Å². The third kappa shape index (κ3) is 2.18. The summed E-state index contributed by atoms with van der Waals surface area (Å²) in [6.07, 6.45) is 8.35. The van der Waals surface area contributed by atoms with Gasteiger partial charge in [-0.2, -0.15) is 0 Å². The van der Waals surface area contributed by atoms with Crippen molar-refractivity contribution in [3.63, 3.8) is 0 Å². The number of hydrogen-bond acceptors (Lipinski definition) is 3. The Hall–Kier alpha value is -1.25. The molecule has 1 aliphatic heterocycles. The standard InChI is InChI=1S/C15H23N3/c1-16-14-9-4-10-15(17-14)18-11-5-7-12-6-2-3-8-13(12)18/h4,9-10,12-13H,2-3,5-8,11H2,1H3,(H,16,17). The minimum absolute atomic E-state index is 0.743. The normalized spacial score (nSPS) is 27.7. The van der Waals surface area contributed by atoms with Crippen molar-refractivity contribution in [1.82, 2.24) is 4.98 Å². The number of rotatable bonds is 2. The van der Waals surface area contributed by atoms with Crippen molar-refractivity contribution < 1.29 is 0 Å². The highest BCUT2D eigenvalue weighted by Gasteiger charge is 2.33. The molecular weight excluding hydrogens is 222 g/mol. The Morgan fingerprint density at radius 3 is 2.89 bits per heavy atom. The van der Waals surface area contributed by atoms with Crippen LogP contribution in [-0.2, 0) is 0 Å². The van der Waals surface area contributed by atoms with Crippen LogP contribution in [0.25, 0.3) is 0 Å². The van der Waals surface area contributed by atoms with Crippen LogP contribution >= 0.6 is 0 Å². The van der Waals surface area contributed by atoms with Gasteiger partial charge >= 0.3 is 0 Å². The van der Waals surface area contributed by atoms with Crippen molar-refractivity contribution in [3.8, 4) is 0 Å². The molecule has 1 saturated heterocycles. The third-order valence-corrected chi connectivity index (χ3v) is 4.53. The Morgan fingerprint density at radius 1 is 1.17 bits per heavy atom. The highest BCUT2D eigenvalue weighted by atomic mass is 15.2. The molecular formula is C15H23N3. The summed E-state index contributed by atoms with van der Waals surface area (Å²) in [7, 11) is 1.94. The van der Waals surface area contributed by atoms with Gasteiger partial charge in [0.05, 0.1) is 0 Å². The Morgan fingerprint density at radius 2 is 2.00 bits per heavy atom. The summed E-state index contributed by atoms with van der Waals surface area (Å²) in [6.45, 7) is 1.18. The molecule has 2 heterocycles. The zero-order valence-corrected chi connectivity index (χ0v) is 11.2. The number of nitrogens with zero attached hydrogens (tertiary/aromatic N) is 2. The number of piperidine rings is 1. The number of fused-ring (bicyclic) bond motifs is 1. The maximum Gasteiger partial charge on any atom is 0.131 e. The smallest absolute Gasteiger partial charge is 0.131 e. The van der Waals surface area contributed by atoms with E-state index in [1.54, 1.807) is 0 Å². The minimum Gasteiger partial charge on any atom is -0.373 e. The van der Waals surface area contributed by atoms with Gasteiger partial charge in [-0.25, -0.2) is 4.98 Å². The van der Waals surface area contributed by atoms with Gasteiger partial charge in [-0.1, -0.05) is 18.9 Å². The van der Waals surface area contributed by atoms with Crippen molar-refractivity contribution >= 4 is 11.6 Å². The van der Waals surface area contributed by atoms with Crippen LogP contribution in [-0.4, -0.2) is 24.6 Å². The first-order valence-electron chi connectivity index (χ1n) is 7.30. The Bertz CT molecular complexity index is 402. The lowest BCUT2D eigenvalue weighted by Crippen LogP contribution is -2.47. The molecule has 98 valence electrons. The summed E-state index contributed by atoms with van der Waals surface area (Å²) in [5.74, 6) is 3.05. The molecule has 1 aromatic heterocycles. The van der Waals surface area contributed by atoms with Crippen LogP contribution in [0.2, 0.25) is 0 Å². The molecule has 2 fully saturated rings. The Labute approximate surface area is 110 Å². The topological polar surface area (TPSA) is 28.2 Å². The van der Waals surface area contributed by atoms with Gasteiger partial charge < -0.3 is 10.2 Å². The van der Waals surface area contributed by atoms with Gasteiger partial charge in [0, 0.05) is 19.6 Å². The molecule has 1 aliphatic carbocycles. The molecule has 0 radical (unpaired) electrons. The van der Waals surface area contributed by atoms with Crippen LogP contribution in [0, 0.1) is 5.92 Å². The van der Waals surface area contributed by atoms with Crippen LogP contribution in [0.4, 0.5) is 11.6 Å². The number of hydrogen-bond donors (Lipinski definition) is 1. The fourth-order valence-corrected chi connectivity index (χ4v) is 3.63. The lowest BCUT2D eigenvalue weighted by atomic mass is 9.78. The van der Waals surface area contributed by atoms with Gasteiger partial charge in [0.2, 0.25) is 0 Å². The predicted molar refractivity (Wildman–Crippen MR) is 76.1 cm³/mol. The molecule has 0 spiro atoms. The van der Waals surface area contributed by atoms with Gasteiger partial charge in [0.1, 0.15) is 11.6 Å². The highest BCUT2D eigenvalue weighted by Crippen LogP contribution is 2.37. The molecule has 0 amide bonds. The van der Waals surface area contributed by atoms with E-state index in [1.807, 2.05) is 13.1 Å². The van der Waals surface area contributed by atoms with E-state index < -0.39 is 0 Å². The SMILES string of the molecule is CNc1cccc(N2CCCC3CCCCC32)n1. The van der Waals surface area contributed by atoms with E-state index in [0.29, 0.717) is 0 Å². The van der Waals surface area contributed by atoms with Crippen LogP contribution in [0.3, 0.4) is 0 Å². The largest absolute Gasteiger partial charge is 0.373 e. The molecule has 0 aromatic carbocycles. The van der Waals surface area contributed by atoms with E-state index in [4.69, 9.17) is 4.98 Å². The van der Waals surface area contributed by atoms with E-state index in [1.165, 1.54) is 50.9 Å². The summed E-state index contributed by atoms with van der Waals surface area (Å²) in [5.41, 5.74) is 0. The molecule has 0 bridgehead atoms. The monoisotopic (exact) mass is 245 g/mol. The number of aromatic nitrogens is 1. The third-order valence-electron chi connectivity index (χ3n) is 4.53. The fourth-order valence-electron chi connectivity index (χ4n) is 3.63. The van der Waals surface area contributed by atoms with Crippen LogP contribution < -0.4 is 10.2 Å². The van der Waals surface area contributed by atoms with Gasteiger partial charge in [-0.05, 0) is 43.7 Å². The van der Waals surface area contributed by atoms with Crippen molar-refractivity contribution in [3.05, 3.63) is 18.2 Å². The van der Waals surface area contributed by atoms with E-state index >= 15 is 0 Å². The maximum absolute atomic E-state index is 4.72. The first kappa shape index (κ1) is 11.8. The zero-order valence-electron chi connectivity index (χ0n) is 11.2. The summed E-state index contributed by atoms with van der Waals surface area (Å²) in [4.78, 5) is 7.28. The average Bonchev–Trinajstić information content (AvgIpc) is 2.47. The molecule has 1 saturated carbocycles.